The summed E-state index contributed by atoms with van der Waals surface area (Å²) in [4.78, 5) is 0. The lowest BCUT2D eigenvalue weighted by atomic mass is 9.43. The summed E-state index contributed by atoms with van der Waals surface area (Å²) in [6, 6.07) is 0. The Labute approximate surface area is 249 Å². The van der Waals surface area contributed by atoms with Crippen molar-refractivity contribution in [1.82, 2.24) is 0 Å². The summed E-state index contributed by atoms with van der Waals surface area (Å²) in [5.41, 5.74) is 1.16. The third-order valence-electron chi connectivity index (χ3n) is 13.9. The number of aliphatic hydroxyl groups is 5. The van der Waals surface area contributed by atoms with Crippen molar-refractivity contribution < 1.29 is 44.5 Å². The predicted octanol–water partition coefficient (Wildman–Crippen LogP) is 2.51. The molecule has 7 aliphatic rings. The average molecular weight is 593 g/mol. The molecule has 1 spiro atoms. The van der Waals surface area contributed by atoms with Crippen molar-refractivity contribution in [3.05, 3.63) is 12.2 Å². The van der Waals surface area contributed by atoms with Crippen LogP contribution in [0.1, 0.15) is 78.6 Å². The van der Waals surface area contributed by atoms with Gasteiger partial charge in [-0.3, -0.25) is 0 Å². The predicted molar refractivity (Wildman–Crippen MR) is 152 cm³/mol. The highest BCUT2D eigenvalue weighted by Crippen LogP contribution is 2.71. The van der Waals surface area contributed by atoms with Gasteiger partial charge >= 0.3 is 0 Å². The van der Waals surface area contributed by atoms with Crippen LogP contribution in [-0.2, 0) is 18.9 Å². The van der Waals surface area contributed by atoms with E-state index in [1.165, 1.54) is 0 Å². The maximum Gasteiger partial charge on any atom is 0.186 e. The Balaban J connectivity index is 1.05. The van der Waals surface area contributed by atoms with Crippen LogP contribution < -0.4 is 0 Å². The second-order valence-electron chi connectivity index (χ2n) is 15.6. The highest BCUT2D eigenvalue weighted by atomic mass is 16.7. The third kappa shape index (κ3) is 4.21. The summed E-state index contributed by atoms with van der Waals surface area (Å²) in [5.74, 6) is 2.26. The molecule has 3 heterocycles. The molecule has 3 aliphatic heterocycles. The monoisotopic (exact) mass is 592 g/mol. The standard InChI is InChI=1S/C33H52O9/c1-16-7-10-33(39-15-16)17(2)26-23(42-33)13-22-20-6-5-18-11-19(40-30-29(38)28(37)27(36)24(14-34)41-30)12-25(35)32(18,4)21(20)8-9-31(22,26)3/h17-30,34-38H,1,5-15H2,2-4H3. The minimum absolute atomic E-state index is 0.211. The van der Waals surface area contributed by atoms with Crippen LogP contribution in [0.15, 0.2) is 12.2 Å². The molecule has 42 heavy (non-hydrogen) atoms. The number of hydrogen-bond donors (Lipinski definition) is 5. The van der Waals surface area contributed by atoms with Gasteiger partial charge in [0.2, 0.25) is 0 Å². The van der Waals surface area contributed by atoms with Crippen molar-refractivity contribution in [1.29, 1.82) is 0 Å². The van der Waals surface area contributed by atoms with Gasteiger partial charge in [0, 0.05) is 18.8 Å². The van der Waals surface area contributed by atoms with Gasteiger partial charge in [-0.05, 0) is 85.4 Å². The van der Waals surface area contributed by atoms with Crippen LogP contribution in [-0.4, -0.2) is 93.6 Å². The molecule has 0 bridgehead atoms. The van der Waals surface area contributed by atoms with Crippen LogP contribution >= 0.6 is 0 Å². The molecule has 4 aliphatic carbocycles. The van der Waals surface area contributed by atoms with Gasteiger partial charge < -0.3 is 44.5 Å². The Kier molecular flexibility index (Phi) is 7.48. The van der Waals surface area contributed by atoms with E-state index in [1.54, 1.807) is 0 Å². The maximum atomic E-state index is 11.8. The van der Waals surface area contributed by atoms with Gasteiger partial charge in [0.05, 0.1) is 31.5 Å². The topological polar surface area (TPSA) is 138 Å². The molecule has 7 rings (SSSR count). The Morgan fingerprint density at radius 1 is 0.952 bits per heavy atom. The lowest BCUT2D eigenvalue weighted by Gasteiger charge is -2.62. The van der Waals surface area contributed by atoms with Gasteiger partial charge in [-0.2, -0.15) is 0 Å². The maximum absolute atomic E-state index is 11.8. The van der Waals surface area contributed by atoms with E-state index >= 15 is 0 Å². The van der Waals surface area contributed by atoms with Gasteiger partial charge in [-0.25, -0.2) is 0 Å². The lowest BCUT2D eigenvalue weighted by molar-refractivity contribution is -0.320. The molecule has 7 fully saturated rings. The summed E-state index contributed by atoms with van der Waals surface area (Å²) >= 11 is 0. The molecule has 3 saturated heterocycles. The van der Waals surface area contributed by atoms with Crippen molar-refractivity contribution in [2.24, 2.45) is 46.3 Å². The summed E-state index contributed by atoms with van der Waals surface area (Å²) in [7, 11) is 0. The van der Waals surface area contributed by atoms with Crippen LogP contribution in [0.2, 0.25) is 0 Å². The SMILES string of the molecule is C=C1CCC2(OC1)OC1CC3C4CCC5CC(OC6OC(CO)C(O)C(O)C6O)CC(O)C5(C)C4CCC3(C)C1C2C. The fourth-order valence-corrected chi connectivity index (χ4v) is 11.6. The molecule has 238 valence electrons. The van der Waals surface area contributed by atoms with Gasteiger partial charge in [0.25, 0.3) is 0 Å². The number of hydrogen-bond acceptors (Lipinski definition) is 9. The highest BCUT2D eigenvalue weighted by Gasteiger charge is 2.69. The molecular formula is C33H52O9. The van der Waals surface area contributed by atoms with Crippen molar-refractivity contribution in [2.75, 3.05) is 13.2 Å². The smallest absolute Gasteiger partial charge is 0.186 e. The molecule has 0 radical (unpaired) electrons. The van der Waals surface area contributed by atoms with Crippen molar-refractivity contribution in [3.63, 3.8) is 0 Å². The lowest BCUT2D eigenvalue weighted by Crippen LogP contribution is -2.62. The largest absolute Gasteiger partial charge is 0.394 e. The zero-order valence-electron chi connectivity index (χ0n) is 25.4. The molecule has 0 amide bonds. The number of rotatable bonds is 3. The van der Waals surface area contributed by atoms with Gasteiger partial charge in [-0.1, -0.05) is 32.9 Å². The summed E-state index contributed by atoms with van der Waals surface area (Å²) in [6.07, 6.45) is 1.45. The first-order valence-electron chi connectivity index (χ1n) is 16.6. The molecule has 9 nitrogen and oxygen atoms in total. The molecule has 5 N–H and O–H groups in total. The molecular weight excluding hydrogens is 540 g/mol. The van der Waals surface area contributed by atoms with E-state index in [2.05, 4.69) is 27.4 Å². The van der Waals surface area contributed by atoms with Crippen molar-refractivity contribution >= 4 is 0 Å². The van der Waals surface area contributed by atoms with E-state index in [9.17, 15) is 25.5 Å². The first kappa shape index (κ1) is 30.1. The zero-order valence-corrected chi connectivity index (χ0v) is 25.4. The Bertz CT molecular complexity index is 1040. The fraction of sp³-hybridized carbons (Fsp3) is 0.939. The van der Waals surface area contributed by atoms with Crippen LogP contribution in [0.4, 0.5) is 0 Å². The number of aliphatic hydroxyl groups excluding tert-OH is 5. The molecule has 0 aromatic heterocycles. The molecule has 9 heteroatoms. The van der Waals surface area contributed by atoms with E-state index in [-0.39, 0.29) is 29.0 Å². The summed E-state index contributed by atoms with van der Waals surface area (Å²) in [5, 5.41) is 52.2. The van der Waals surface area contributed by atoms with E-state index < -0.39 is 49.2 Å². The van der Waals surface area contributed by atoms with E-state index in [0.717, 1.165) is 56.9 Å². The zero-order chi connectivity index (χ0) is 29.8. The van der Waals surface area contributed by atoms with E-state index in [4.69, 9.17) is 18.9 Å². The van der Waals surface area contributed by atoms with Crippen molar-refractivity contribution in [2.45, 2.75) is 133 Å². The van der Waals surface area contributed by atoms with E-state index in [0.29, 0.717) is 42.6 Å². The number of fused-ring (bicyclic) bond motifs is 7. The second-order valence-corrected chi connectivity index (χ2v) is 15.6. The summed E-state index contributed by atoms with van der Waals surface area (Å²) < 4.78 is 25.0. The van der Waals surface area contributed by atoms with Crippen molar-refractivity contribution in [3.8, 4) is 0 Å². The average Bonchev–Trinajstić information content (AvgIpc) is 3.41. The first-order valence-corrected chi connectivity index (χ1v) is 16.6. The van der Waals surface area contributed by atoms with Gasteiger partial charge in [0.1, 0.15) is 24.4 Å². The van der Waals surface area contributed by atoms with Crippen LogP contribution in [0.5, 0.6) is 0 Å². The minimum Gasteiger partial charge on any atom is -0.394 e. The Morgan fingerprint density at radius 3 is 2.45 bits per heavy atom. The second kappa shape index (κ2) is 10.5. The van der Waals surface area contributed by atoms with E-state index in [1.807, 2.05) is 0 Å². The minimum atomic E-state index is -1.47. The first-order chi connectivity index (χ1) is 19.9. The van der Waals surface area contributed by atoms with Crippen LogP contribution in [0, 0.1) is 46.3 Å². The molecule has 0 aromatic rings. The molecule has 17 unspecified atom stereocenters. The number of ether oxygens (including phenoxy) is 4. The summed E-state index contributed by atoms with van der Waals surface area (Å²) in [6.45, 7) is 11.4. The molecule has 17 atom stereocenters. The van der Waals surface area contributed by atoms with Crippen LogP contribution in [0.3, 0.4) is 0 Å². The molecule has 4 saturated carbocycles. The van der Waals surface area contributed by atoms with Gasteiger partial charge in [0.15, 0.2) is 12.1 Å². The van der Waals surface area contributed by atoms with Crippen LogP contribution in [0.25, 0.3) is 0 Å². The highest BCUT2D eigenvalue weighted by molar-refractivity contribution is 5.17. The fourth-order valence-electron chi connectivity index (χ4n) is 11.6. The van der Waals surface area contributed by atoms with Gasteiger partial charge in [-0.15, -0.1) is 0 Å². The Hall–Kier alpha value is -0.620. The Morgan fingerprint density at radius 2 is 1.74 bits per heavy atom. The normalized spacial score (nSPS) is 59.2. The quantitative estimate of drug-likeness (QED) is 0.247. The third-order valence-corrected chi connectivity index (χ3v) is 13.9. The molecule has 0 aromatic carbocycles.